The van der Waals surface area contributed by atoms with Crippen LogP contribution in [0.1, 0.15) is 34.1 Å². The number of esters is 2. The van der Waals surface area contributed by atoms with Crippen molar-refractivity contribution < 1.29 is 29.0 Å². The van der Waals surface area contributed by atoms with E-state index < -0.39 is 35.7 Å². The Kier molecular flexibility index (Phi) is 5.32. The van der Waals surface area contributed by atoms with Crippen LogP contribution >= 0.6 is 0 Å². The van der Waals surface area contributed by atoms with E-state index in [0.29, 0.717) is 5.57 Å². The lowest BCUT2D eigenvalue weighted by molar-refractivity contribution is -0.158. The highest BCUT2D eigenvalue weighted by molar-refractivity contribution is 6.03. The summed E-state index contributed by atoms with van der Waals surface area (Å²) >= 11 is 0. The van der Waals surface area contributed by atoms with Crippen LogP contribution in [0, 0.1) is 11.8 Å². The minimum atomic E-state index is -1.40. The van der Waals surface area contributed by atoms with Gasteiger partial charge in [0.1, 0.15) is 12.2 Å². The SMILES string of the molecule is C=C1C(=O)O[C@H]2/C=C(/C)C(=O)/C=C/[C@](C)(O)C[C@@H](OC(=O)C(C)C)[C@H]12. The maximum atomic E-state index is 12.1. The van der Waals surface area contributed by atoms with E-state index in [2.05, 4.69) is 6.58 Å². The summed E-state index contributed by atoms with van der Waals surface area (Å²) in [6.45, 7) is 10.3. The van der Waals surface area contributed by atoms with Gasteiger partial charge in [0.2, 0.25) is 0 Å². The van der Waals surface area contributed by atoms with Gasteiger partial charge in [0.05, 0.1) is 17.4 Å². The zero-order valence-electron chi connectivity index (χ0n) is 14.9. The quantitative estimate of drug-likeness (QED) is 0.605. The molecule has 136 valence electrons. The molecule has 1 heterocycles. The van der Waals surface area contributed by atoms with Gasteiger partial charge < -0.3 is 14.6 Å². The van der Waals surface area contributed by atoms with Gasteiger partial charge in [-0.3, -0.25) is 9.59 Å². The Morgan fingerprint density at radius 1 is 1.44 bits per heavy atom. The van der Waals surface area contributed by atoms with Gasteiger partial charge in [-0.2, -0.15) is 0 Å². The zero-order chi connectivity index (χ0) is 18.9. The molecule has 2 rings (SSSR count). The number of allylic oxidation sites excluding steroid dienone is 2. The summed E-state index contributed by atoms with van der Waals surface area (Å²) in [6, 6.07) is 0. The average molecular weight is 348 g/mol. The first-order valence-electron chi connectivity index (χ1n) is 8.26. The van der Waals surface area contributed by atoms with Crippen molar-refractivity contribution in [3.05, 3.63) is 36.0 Å². The number of rotatable bonds is 2. The molecule has 0 aromatic heterocycles. The molecule has 0 unspecified atom stereocenters. The fourth-order valence-corrected chi connectivity index (χ4v) is 2.90. The maximum Gasteiger partial charge on any atom is 0.334 e. The average Bonchev–Trinajstić information content (AvgIpc) is 2.77. The largest absolute Gasteiger partial charge is 0.461 e. The Morgan fingerprint density at radius 2 is 2.08 bits per heavy atom. The van der Waals surface area contributed by atoms with E-state index in [0.717, 1.165) is 0 Å². The first-order chi connectivity index (χ1) is 11.5. The lowest BCUT2D eigenvalue weighted by atomic mass is 9.82. The third-order valence-electron chi connectivity index (χ3n) is 4.41. The minimum absolute atomic E-state index is 0.0129. The van der Waals surface area contributed by atoms with Crippen LogP contribution in [0.5, 0.6) is 0 Å². The molecule has 0 aromatic rings. The van der Waals surface area contributed by atoms with Crippen LogP contribution in [0.2, 0.25) is 0 Å². The van der Waals surface area contributed by atoms with E-state index in [4.69, 9.17) is 9.47 Å². The Balaban J connectivity index is 2.49. The zero-order valence-corrected chi connectivity index (χ0v) is 14.9. The van der Waals surface area contributed by atoms with Crippen molar-refractivity contribution in [2.45, 2.75) is 51.9 Å². The van der Waals surface area contributed by atoms with Gasteiger partial charge in [0.25, 0.3) is 0 Å². The second-order valence-electron chi connectivity index (χ2n) is 7.16. The predicted molar refractivity (Wildman–Crippen MR) is 90.4 cm³/mol. The van der Waals surface area contributed by atoms with Crippen molar-refractivity contribution >= 4 is 17.7 Å². The van der Waals surface area contributed by atoms with E-state index in [-0.39, 0.29) is 23.7 Å². The number of hydrogen-bond acceptors (Lipinski definition) is 6. The molecular weight excluding hydrogens is 324 g/mol. The summed E-state index contributed by atoms with van der Waals surface area (Å²) in [7, 11) is 0. The number of carbonyl (C=O) groups is 3. The molecule has 0 amide bonds. The highest BCUT2D eigenvalue weighted by Crippen LogP contribution is 2.37. The van der Waals surface area contributed by atoms with Crippen LogP contribution in [0.4, 0.5) is 0 Å². The first-order valence-corrected chi connectivity index (χ1v) is 8.26. The van der Waals surface area contributed by atoms with Gasteiger partial charge in [-0.25, -0.2) is 4.79 Å². The Morgan fingerprint density at radius 3 is 2.68 bits per heavy atom. The molecule has 1 fully saturated rings. The summed E-state index contributed by atoms with van der Waals surface area (Å²) < 4.78 is 10.9. The smallest absolute Gasteiger partial charge is 0.334 e. The van der Waals surface area contributed by atoms with Crippen LogP contribution in [-0.4, -0.2) is 40.6 Å². The van der Waals surface area contributed by atoms with Crippen molar-refractivity contribution in [3.63, 3.8) is 0 Å². The number of hydrogen-bond donors (Lipinski definition) is 1. The summed E-state index contributed by atoms with van der Waals surface area (Å²) in [5.74, 6) is -2.34. The molecule has 0 spiro atoms. The third-order valence-corrected chi connectivity index (χ3v) is 4.41. The normalized spacial score (nSPS) is 36.3. The van der Waals surface area contributed by atoms with Crippen molar-refractivity contribution in [1.82, 2.24) is 0 Å². The second kappa shape index (κ2) is 6.96. The third kappa shape index (κ3) is 4.25. The number of carbonyl (C=O) groups excluding carboxylic acids is 3. The Labute approximate surface area is 147 Å². The van der Waals surface area contributed by atoms with E-state index >= 15 is 0 Å². The molecule has 25 heavy (non-hydrogen) atoms. The number of aliphatic hydroxyl groups is 1. The molecule has 0 saturated carbocycles. The highest BCUT2D eigenvalue weighted by atomic mass is 16.6. The Bertz CT molecular complexity index is 667. The van der Waals surface area contributed by atoms with E-state index in [1.165, 1.54) is 19.1 Å². The summed E-state index contributed by atoms with van der Waals surface area (Å²) in [4.78, 5) is 36.2. The van der Waals surface area contributed by atoms with Crippen LogP contribution in [0.3, 0.4) is 0 Å². The van der Waals surface area contributed by atoms with Crippen LogP contribution in [0.25, 0.3) is 0 Å². The van der Waals surface area contributed by atoms with Gasteiger partial charge in [0, 0.05) is 12.0 Å². The molecule has 2 aliphatic rings. The fraction of sp³-hybridized carbons (Fsp3) is 0.526. The van der Waals surface area contributed by atoms with Gasteiger partial charge in [0.15, 0.2) is 5.78 Å². The number of ketones is 1. The molecule has 1 aliphatic carbocycles. The number of fused-ring (bicyclic) bond motifs is 1. The molecule has 1 saturated heterocycles. The molecule has 6 nitrogen and oxygen atoms in total. The topological polar surface area (TPSA) is 89.9 Å². The highest BCUT2D eigenvalue weighted by Gasteiger charge is 2.46. The van der Waals surface area contributed by atoms with Crippen LogP contribution < -0.4 is 0 Å². The molecule has 0 bridgehead atoms. The molecule has 0 aromatic carbocycles. The van der Waals surface area contributed by atoms with Crippen molar-refractivity contribution in [3.8, 4) is 0 Å². The fourth-order valence-electron chi connectivity index (χ4n) is 2.90. The summed E-state index contributed by atoms with van der Waals surface area (Å²) in [6.07, 6.45) is 2.64. The first kappa shape index (κ1) is 19.1. The van der Waals surface area contributed by atoms with Crippen molar-refractivity contribution in [2.24, 2.45) is 11.8 Å². The van der Waals surface area contributed by atoms with Gasteiger partial charge in [-0.05, 0) is 37.6 Å². The lowest BCUT2D eigenvalue weighted by Gasteiger charge is -2.32. The van der Waals surface area contributed by atoms with Crippen molar-refractivity contribution in [1.29, 1.82) is 0 Å². The Hall–Kier alpha value is -2.21. The molecule has 1 aliphatic heterocycles. The molecule has 0 radical (unpaired) electrons. The van der Waals surface area contributed by atoms with Gasteiger partial charge in [-0.1, -0.05) is 20.4 Å². The van der Waals surface area contributed by atoms with Crippen LogP contribution in [0.15, 0.2) is 36.0 Å². The monoisotopic (exact) mass is 348 g/mol. The number of ether oxygens (including phenoxy) is 2. The lowest BCUT2D eigenvalue weighted by Crippen LogP contribution is -2.40. The summed E-state index contributed by atoms with van der Waals surface area (Å²) in [5.41, 5.74) is -0.852. The van der Waals surface area contributed by atoms with Crippen molar-refractivity contribution in [2.75, 3.05) is 0 Å². The van der Waals surface area contributed by atoms with E-state index in [1.54, 1.807) is 26.8 Å². The van der Waals surface area contributed by atoms with E-state index in [9.17, 15) is 19.5 Å². The van der Waals surface area contributed by atoms with Crippen LogP contribution in [-0.2, 0) is 23.9 Å². The molecular formula is C19H24O6. The van der Waals surface area contributed by atoms with Gasteiger partial charge in [-0.15, -0.1) is 0 Å². The maximum absolute atomic E-state index is 12.1. The molecule has 1 N–H and O–H groups in total. The summed E-state index contributed by atoms with van der Waals surface area (Å²) in [5, 5.41) is 10.6. The molecule has 6 heteroatoms. The van der Waals surface area contributed by atoms with E-state index in [1.807, 2.05) is 0 Å². The van der Waals surface area contributed by atoms with Gasteiger partial charge >= 0.3 is 11.9 Å². The minimum Gasteiger partial charge on any atom is -0.461 e. The predicted octanol–water partition coefficient (Wildman–Crippen LogP) is 1.88. The molecule has 4 atom stereocenters. The standard InChI is InChI=1S/C19H24O6/c1-10(2)17(21)25-15-9-19(5,23)7-6-13(20)11(3)8-14-16(15)12(4)18(22)24-14/h6-8,10,14-16,23H,4,9H2,1-3,5H3/b7-6+,11-8-/t14-,15+,16+,19-/m0/s1. The second-order valence-corrected chi connectivity index (χ2v) is 7.16.